The number of carbonyl (C=O) groups is 2. The summed E-state index contributed by atoms with van der Waals surface area (Å²) in [6.07, 6.45) is -2.10. The number of nitrogens with one attached hydrogen (secondary N) is 2. The van der Waals surface area contributed by atoms with Crippen LogP contribution in [0.1, 0.15) is 28.6 Å². The fourth-order valence-electron chi connectivity index (χ4n) is 2.86. The fourth-order valence-corrected chi connectivity index (χ4v) is 2.86. The van der Waals surface area contributed by atoms with Gasteiger partial charge in [-0.05, 0) is 24.3 Å². The normalized spacial score (nSPS) is 19.2. The van der Waals surface area contributed by atoms with Crippen molar-refractivity contribution < 1.29 is 19.4 Å². The molecule has 7 N–H and O–H groups in total. The van der Waals surface area contributed by atoms with E-state index in [0.29, 0.717) is 16.9 Å². The lowest BCUT2D eigenvalue weighted by Gasteiger charge is -2.23. The maximum atomic E-state index is 12.8. The number of ketones is 1. The average molecular weight is 356 g/mol. The van der Waals surface area contributed by atoms with Gasteiger partial charge in [0.25, 0.3) is 0 Å². The van der Waals surface area contributed by atoms with E-state index in [9.17, 15) is 14.7 Å². The van der Waals surface area contributed by atoms with Crippen molar-refractivity contribution in [3.05, 3.63) is 47.5 Å². The summed E-state index contributed by atoms with van der Waals surface area (Å²) in [5.74, 6) is -0.851. The molecule has 0 aliphatic carbocycles. The molecule has 8 heteroatoms. The second kappa shape index (κ2) is 6.93. The Bertz CT molecular complexity index is 868. The van der Waals surface area contributed by atoms with Gasteiger partial charge in [0.1, 0.15) is 11.9 Å². The molecule has 0 bridgehead atoms. The van der Waals surface area contributed by atoms with Crippen LogP contribution >= 0.6 is 0 Å². The van der Waals surface area contributed by atoms with Gasteiger partial charge in [-0.2, -0.15) is 0 Å². The van der Waals surface area contributed by atoms with Gasteiger partial charge >= 0.3 is 0 Å². The highest BCUT2D eigenvalue weighted by Gasteiger charge is 2.34. The lowest BCUT2D eigenvalue weighted by Crippen LogP contribution is -2.32. The van der Waals surface area contributed by atoms with Crippen molar-refractivity contribution in [2.24, 2.45) is 0 Å². The third kappa shape index (κ3) is 3.27. The van der Waals surface area contributed by atoms with E-state index < -0.39 is 12.3 Å². The zero-order chi connectivity index (χ0) is 18.8. The summed E-state index contributed by atoms with van der Waals surface area (Å²) >= 11 is 0. The molecule has 1 heterocycles. The van der Waals surface area contributed by atoms with Crippen LogP contribution < -0.4 is 22.1 Å². The number of carbonyl (C=O) groups excluding carboxylic acids is 2. The third-order valence-corrected chi connectivity index (χ3v) is 4.20. The molecule has 1 amide bonds. The molecule has 8 nitrogen and oxygen atoms in total. The van der Waals surface area contributed by atoms with Gasteiger partial charge in [-0.25, -0.2) is 0 Å². The van der Waals surface area contributed by atoms with Crippen LogP contribution in [-0.4, -0.2) is 29.9 Å². The number of phenols is 1. The number of phenolic OH excluding ortho intramolecular Hbond substituents is 1. The molecule has 1 aliphatic rings. The molecule has 136 valence electrons. The van der Waals surface area contributed by atoms with Crippen LogP contribution in [0.15, 0.2) is 36.4 Å². The van der Waals surface area contributed by atoms with E-state index in [1.165, 1.54) is 19.2 Å². The standard InChI is InChI=1S/C18H20N4O4/c1-21-15(23)8-14-17(25)10-4-2-3-5-13(10)22-18(26-14)11-6-9(19)7-12(20)16(11)24/h2-7,14,18,22,24H,8,19-20H2,1H3,(H,21,23). The lowest BCUT2D eigenvalue weighted by atomic mass is 10.0. The summed E-state index contributed by atoms with van der Waals surface area (Å²) in [6.45, 7) is 0. The van der Waals surface area contributed by atoms with Crippen molar-refractivity contribution >= 4 is 28.8 Å². The van der Waals surface area contributed by atoms with Gasteiger partial charge in [-0.15, -0.1) is 0 Å². The summed E-state index contributed by atoms with van der Waals surface area (Å²) in [4.78, 5) is 24.6. The number of anilines is 3. The molecule has 1 aliphatic heterocycles. The van der Waals surface area contributed by atoms with Crippen LogP contribution in [-0.2, 0) is 9.53 Å². The van der Waals surface area contributed by atoms with Crippen molar-refractivity contribution in [3.63, 3.8) is 0 Å². The number of nitrogens with two attached hydrogens (primary N) is 2. The van der Waals surface area contributed by atoms with E-state index in [1.807, 2.05) is 0 Å². The van der Waals surface area contributed by atoms with Crippen LogP contribution in [0.4, 0.5) is 17.1 Å². The minimum Gasteiger partial charge on any atom is -0.505 e. The Labute approximate surface area is 150 Å². The van der Waals surface area contributed by atoms with Crippen LogP contribution in [0.3, 0.4) is 0 Å². The third-order valence-electron chi connectivity index (χ3n) is 4.20. The number of hydrogen-bond donors (Lipinski definition) is 5. The monoisotopic (exact) mass is 356 g/mol. The minimum absolute atomic E-state index is 0.0945. The Morgan fingerprint density at radius 1 is 1.31 bits per heavy atom. The topological polar surface area (TPSA) is 140 Å². The predicted octanol–water partition coefficient (Wildman–Crippen LogP) is 1.38. The number of aromatic hydroxyl groups is 1. The summed E-state index contributed by atoms with van der Waals surface area (Å²) in [6, 6.07) is 9.81. The van der Waals surface area contributed by atoms with Crippen molar-refractivity contribution in [1.29, 1.82) is 0 Å². The highest BCUT2D eigenvalue weighted by Crippen LogP contribution is 2.38. The smallest absolute Gasteiger partial charge is 0.222 e. The fraction of sp³-hybridized carbons (Fsp3) is 0.222. The molecule has 2 unspecified atom stereocenters. The van der Waals surface area contributed by atoms with Gasteiger partial charge < -0.3 is 31.9 Å². The largest absolute Gasteiger partial charge is 0.505 e. The number of benzene rings is 2. The Morgan fingerprint density at radius 3 is 2.77 bits per heavy atom. The number of Topliss-reactive ketones (excluding diaryl/α,β-unsaturated/α-hetero) is 1. The first-order valence-electron chi connectivity index (χ1n) is 8.04. The Hall–Kier alpha value is -3.26. The van der Waals surface area contributed by atoms with Gasteiger partial charge in [-0.1, -0.05) is 12.1 Å². The molecule has 0 saturated carbocycles. The zero-order valence-electron chi connectivity index (χ0n) is 14.2. The first-order valence-corrected chi connectivity index (χ1v) is 8.04. The molecule has 0 fully saturated rings. The Kier molecular flexibility index (Phi) is 4.68. The number of nitrogen functional groups attached to an aromatic ring is 2. The number of hydrogen-bond acceptors (Lipinski definition) is 7. The van der Waals surface area contributed by atoms with Gasteiger partial charge in [0, 0.05) is 29.5 Å². The maximum Gasteiger partial charge on any atom is 0.222 e. The van der Waals surface area contributed by atoms with Gasteiger partial charge in [0.05, 0.1) is 12.1 Å². The number of para-hydroxylation sites is 1. The molecule has 2 aromatic rings. The molecule has 0 aromatic heterocycles. The van der Waals surface area contributed by atoms with Crippen LogP contribution in [0.5, 0.6) is 5.75 Å². The van der Waals surface area contributed by atoms with E-state index in [0.717, 1.165) is 0 Å². The molecular formula is C18H20N4O4. The molecular weight excluding hydrogens is 336 g/mol. The quantitative estimate of drug-likeness (QED) is 0.318. The zero-order valence-corrected chi connectivity index (χ0v) is 14.2. The number of ether oxygens (including phenoxy) is 1. The van der Waals surface area contributed by atoms with Crippen molar-refractivity contribution in [3.8, 4) is 5.75 Å². The second-order valence-electron chi connectivity index (χ2n) is 5.98. The summed E-state index contributed by atoms with van der Waals surface area (Å²) < 4.78 is 5.86. The molecule has 0 radical (unpaired) electrons. The van der Waals surface area contributed by atoms with Gasteiger partial charge in [0.15, 0.2) is 12.0 Å². The summed E-state index contributed by atoms with van der Waals surface area (Å²) in [5, 5.41) is 15.9. The molecule has 0 spiro atoms. The Morgan fingerprint density at radius 2 is 2.04 bits per heavy atom. The van der Waals surface area contributed by atoms with E-state index in [4.69, 9.17) is 16.2 Å². The molecule has 26 heavy (non-hydrogen) atoms. The first kappa shape index (κ1) is 17.6. The van der Waals surface area contributed by atoms with Crippen LogP contribution in [0.2, 0.25) is 0 Å². The van der Waals surface area contributed by atoms with Crippen molar-refractivity contribution in [1.82, 2.24) is 5.32 Å². The molecule has 0 saturated heterocycles. The highest BCUT2D eigenvalue weighted by molar-refractivity contribution is 6.06. The van der Waals surface area contributed by atoms with Gasteiger partial charge in [-0.3, -0.25) is 9.59 Å². The summed E-state index contributed by atoms with van der Waals surface area (Å²) in [7, 11) is 1.48. The predicted molar refractivity (Wildman–Crippen MR) is 97.6 cm³/mol. The van der Waals surface area contributed by atoms with Crippen LogP contribution in [0, 0.1) is 0 Å². The molecule has 2 aromatic carbocycles. The van der Waals surface area contributed by atoms with Crippen molar-refractivity contribution in [2.45, 2.75) is 18.8 Å². The number of fused-ring (bicyclic) bond motifs is 1. The van der Waals surface area contributed by atoms with E-state index in [2.05, 4.69) is 10.6 Å². The van der Waals surface area contributed by atoms with E-state index in [1.54, 1.807) is 24.3 Å². The maximum absolute atomic E-state index is 12.8. The second-order valence-corrected chi connectivity index (χ2v) is 5.98. The van der Waals surface area contributed by atoms with Crippen molar-refractivity contribution in [2.75, 3.05) is 23.8 Å². The average Bonchev–Trinajstić information content (AvgIpc) is 2.75. The van der Waals surface area contributed by atoms with Crippen LogP contribution in [0.25, 0.3) is 0 Å². The lowest BCUT2D eigenvalue weighted by molar-refractivity contribution is -0.123. The Balaban J connectivity index is 2.07. The molecule has 3 rings (SSSR count). The highest BCUT2D eigenvalue weighted by atomic mass is 16.5. The number of amides is 1. The molecule has 2 atom stereocenters. The minimum atomic E-state index is -1.03. The number of rotatable bonds is 3. The first-order chi connectivity index (χ1) is 12.4. The SMILES string of the molecule is CNC(=O)CC1OC(c2cc(N)cc(N)c2O)Nc2ccccc2C1=O. The van der Waals surface area contributed by atoms with E-state index >= 15 is 0 Å². The van der Waals surface area contributed by atoms with E-state index in [-0.39, 0.29) is 35.1 Å². The summed E-state index contributed by atoms with van der Waals surface area (Å²) in [5.41, 5.74) is 13.3. The van der Waals surface area contributed by atoms with Gasteiger partial charge in [0.2, 0.25) is 5.91 Å².